The molecule has 7 heteroatoms. The van der Waals surface area contributed by atoms with Crippen molar-refractivity contribution in [1.29, 1.82) is 0 Å². The van der Waals surface area contributed by atoms with Crippen molar-refractivity contribution >= 4 is 11.7 Å². The molecule has 1 aromatic carbocycles. The summed E-state index contributed by atoms with van der Waals surface area (Å²) in [6.45, 7) is 2.40. The Labute approximate surface area is 152 Å². The highest BCUT2D eigenvalue weighted by molar-refractivity contribution is 5.89. The zero-order valence-electron chi connectivity index (χ0n) is 14.8. The number of nitrogens with one attached hydrogen (secondary N) is 1. The van der Waals surface area contributed by atoms with Gasteiger partial charge in [0, 0.05) is 26.1 Å². The molecule has 0 radical (unpaired) electrons. The van der Waals surface area contributed by atoms with Crippen LogP contribution in [-0.2, 0) is 13.0 Å². The normalized spacial score (nSPS) is 18.1. The molecular formula is C19H24FN5O. The van der Waals surface area contributed by atoms with Gasteiger partial charge in [-0.05, 0) is 49.7 Å². The predicted molar refractivity (Wildman–Crippen MR) is 96.2 cm³/mol. The van der Waals surface area contributed by atoms with Crippen LogP contribution in [-0.4, -0.2) is 38.8 Å². The highest BCUT2D eigenvalue weighted by Gasteiger charge is 2.26. The summed E-state index contributed by atoms with van der Waals surface area (Å²) in [5.41, 5.74) is 0.229. The quantitative estimate of drug-likeness (QED) is 0.893. The van der Waals surface area contributed by atoms with Crippen molar-refractivity contribution in [2.45, 2.75) is 38.6 Å². The summed E-state index contributed by atoms with van der Waals surface area (Å²) in [5.74, 6) is 1.96. The molecule has 1 saturated heterocycles. The second kappa shape index (κ2) is 7.43. The highest BCUT2D eigenvalue weighted by Crippen LogP contribution is 2.31. The van der Waals surface area contributed by atoms with E-state index < -0.39 is 5.82 Å². The number of anilines is 1. The van der Waals surface area contributed by atoms with Crippen LogP contribution < -0.4 is 5.32 Å². The van der Waals surface area contributed by atoms with Crippen molar-refractivity contribution in [2.75, 3.05) is 18.4 Å². The molecule has 0 spiro atoms. The second-order valence-corrected chi connectivity index (χ2v) is 7.39. The van der Waals surface area contributed by atoms with E-state index in [1.165, 1.54) is 18.9 Å². The minimum absolute atomic E-state index is 0.229. The van der Waals surface area contributed by atoms with Gasteiger partial charge in [-0.15, -0.1) is 10.2 Å². The van der Waals surface area contributed by atoms with Gasteiger partial charge in [0.1, 0.15) is 18.0 Å². The van der Waals surface area contributed by atoms with Crippen molar-refractivity contribution in [2.24, 2.45) is 11.8 Å². The molecule has 2 fully saturated rings. The van der Waals surface area contributed by atoms with E-state index in [-0.39, 0.29) is 11.7 Å². The maximum atomic E-state index is 13.7. The Balaban J connectivity index is 1.28. The lowest BCUT2D eigenvalue weighted by Crippen LogP contribution is -2.41. The van der Waals surface area contributed by atoms with E-state index in [2.05, 4.69) is 20.1 Å². The standard InChI is InChI=1S/C19H24FN5O/c20-16-3-1-2-4-17(16)22-19(26)24-9-7-14(8-10-24)11-18-23-21-13-25(18)12-15-5-6-15/h1-4,13-15H,5-12H2,(H,22,26). The van der Waals surface area contributed by atoms with E-state index in [9.17, 15) is 9.18 Å². The number of aromatic nitrogens is 3. The fourth-order valence-corrected chi connectivity index (χ4v) is 3.52. The van der Waals surface area contributed by atoms with Gasteiger partial charge in [0.2, 0.25) is 0 Å². The summed E-state index contributed by atoms with van der Waals surface area (Å²) in [7, 11) is 0. The molecule has 1 aliphatic heterocycles. The number of piperidine rings is 1. The number of rotatable bonds is 5. The molecule has 6 nitrogen and oxygen atoms in total. The van der Waals surface area contributed by atoms with Crippen LogP contribution >= 0.6 is 0 Å². The first-order valence-electron chi connectivity index (χ1n) is 9.36. The second-order valence-electron chi connectivity index (χ2n) is 7.39. The number of nitrogens with zero attached hydrogens (tertiary/aromatic N) is 4. The van der Waals surface area contributed by atoms with Crippen molar-refractivity contribution in [3.8, 4) is 0 Å². The van der Waals surface area contributed by atoms with E-state index in [0.717, 1.165) is 37.5 Å². The van der Waals surface area contributed by atoms with E-state index >= 15 is 0 Å². The molecule has 138 valence electrons. The number of amides is 2. The molecule has 1 aliphatic carbocycles. The summed E-state index contributed by atoms with van der Waals surface area (Å²) in [6, 6.07) is 6.01. The molecule has 2 aliphatic rings. The van der Waals surface area contributed by atoms with E-state index in [1.54, 1.807) is 23.1 Å². The van der Waals surface area contributed by atoms with Gasteiger partial charge in [0.15, 0.2) is 0 Å². The van der Waals surface area contributed by atoms with Gasteiger partial charge in [0.25, 0.3) is 0 Å². The van der Waals surface area contributed by atoms with Gasteiger partial charge < -0.3 is 14.8 Å². The van der Waals surface area contributed by atoms with Crippen LogP contribution in [0.3, 0.4) is 0 Å². The molecule has 0 bridgehead atoms. The van der Waals surface area contributed by atoms with Crippen LogP contribution in [0.25, 0.3) is 0 Å². The first-order valence-corrected chi connectivity index (χ1v) is 9.36. The summed E-state index contributed by atoms with van der Waals surface area (Å²) in [5, 5.41) is 11.0. The van der Waals surface area contributed by atoms with Gasteiger partial charge in [-0.2, -0.15) is 0 Å². The molecule has 1 aromatic heterocycles. The molecule has 0 atom stereocenters. The van der Waals surface area contributed by atoms with Gasteiger partial charge >= 0.3 is 6.03 Å². The number of likely N-dealkylation sites (tertiary alicyclic amines) is 1. The fraction of sp³-hybridized carbons (Fsp3) is 0.526. The zero-order valence-corrected chi connectivity index (χ0v) is 14.8. The number of urea groups is 1. The molecule has 4 rings (SSSR count). The minimum Gasteiger partial charge on any atom is -0.325 e. The number of halogens is 1. The average Bonchev–Trinajstić information content (AvgIpc) is 3.36. The lowest BCUT2D eigenvalue weighted by Gasteiger charge is -2.32. The number of para-hydroxylation sites is 1. The van der Waals surface area contributed by atoms with Gasteiger partial charge in [-0.1, -0.05) is 12.1 Å². The van der Waals surface area contributed by atoms with Crippen LogP contribution in [0.15, 0.2) is 30.6 Å². The monoisotopic (exact) mass is 357 g/mol. The Morgan fingerprint density at radius 3 is 2.65 bits per heavy atom. The number of benzene rings is 1. The van der Waals surface area contributed by atoms with Crippen molar-refractivity contribution in [3.05, 3.63) is 42.2 Å². The molecule has 1 saturated carbocycles. The summed E-state index contributed by atoms with van der Waals surface area (Å²) < 4.78 is 15.9. The Morgan fingerprint density at radius 2 is 1.92 bits per heavy atom. The zero-order chi connectivity index (χ0) is 17.9. The molecule has 2 amide bonds. The van der Waals surface area contributed by atoms with E-state index in [4.69, 9.17) is 0 Å². The van der Waals surface area contributed by atoms with Crippen LogP contribution in [0, 0.1) is 17.7 Å². The first kappa shape index (κ1) is 17.0. The third-order valence-electron chi connectivity index (χ3n) is 5.34. The fourth-order valence-electron chi connectivity index (χ4n) is 3.52. The summed E-state index contributed by atoms with van der Waals surface area (Å²) in [6.07, 6.45) is 7.24. The van der Waals surface area contributed by atoms with Crippen LogP contribution in [0.2, 0.25) is 0 Å². The molecule has 2 heterocycles. The summed E-state index contributed by atoms with van der Waals surface area (Å²) in [4.78, 5) is 14.1. The Morgan fingerprint density at radius 1 is 1.15 bits per heavy atom. The number of hydrogen-bond donors (Lipinski definition) is 1. The molecule has 1 N–H and O–H groups in total. The summed E-state index contributed by atoms with van der Waals surface area (Å²) >= 11 is 0. The van der Waals surface area contributed by atoms with Gasteiger partial charge in [-0.25, -0.2) is 9.18 Å². The lowest BCUT2D eigenvalue weighted by molar-refractivity contribution is 0.181. The first-order chi connectivity index (χ1) is 12.7. The van der Waals surface area contributed by atoms with Gasteiger partial charge in [0.05, 0.1) is 5.69 Å². The maximum absolute atomic E-state index is 13.7. The van der Waals surface area contributed by atoms with Crippen molar-refractivity contribution in [3.63, 3.8) is 0 Å². The Kier molecular flexibility index (Phi) is 4.86. The van der Waals surface area contributed by atoms with Gasteiger partial charge in [-0.3, -0.25) is 0 Å². The smallest absolute Gasteiger partial charge is 0.321 e. The highest BCUT2D eigenvalue weighted by atomic mass is 19.1. The Bertz CT molecular complexity index is 765. The third-order valence-corrected chi connectivity index (χ3v) is 5.34. The predicted octanol–water partition coefficient (Wildman–Crippen LogP) is 3.31. The maximum Gasteiger partial charge on any atom is 0.321 e. The van der Waals surface area contributed by atoms with Crippen molar-refractivity contribution in [1.82, 2.24) is 19.7 Å². The van der Waals surface area contributed by atoms with E-state index in [0.29, 0.717) is 19.0 Å². The Hall–Kier alpha value is -2.44. The SMILES string of the molecule is O=C(Nc1ccccc1F)N1CCC(Cc2nncn2CC2CC2)CC1. The molecule has 0 unspecified atom stereocenters. The third kappa shape index (κ3) is 4.03. The molecule has 26 heavy (non-hydrogen) atoms. The molecular weight excluding hydrogens is 333 g/mol. The minimum atomic E-state index is -0.411. The van der Waals surface area contributed by atoms with Crippen LogP contribution in [0.5, 0.6) is 0 Å². The largest absolute Gasteiger partial charge is 0.325 e. The topological polar surface area (TPSA) is 63.1 Å². The van der Waals surface area contributed by atoms with Crippen molar-refractivity contribution < 1.29 is 9.18 Å². The average molecular weight is 357 g/mol. The number of hydrogen-bond acceptors (Lipinski definition) is 3. The van der Waals surface area contributed by atoms with E-state index in [1.807, 2.05) is 6.33 Å². The van der Waals surface area contributed by atoms with Crippen LogP contribution in [0.1, 0.15) is 31.5 Å². The number of carbonyl (C=O) groups is 1. The molecule has 2 aromatic rings. The lowest BCUT2D eigenvalue weighted by atomic mass is 9.93. The van der Waals surface area contributed by atoms with Crippen LogP contribution in [0.4, 0.5) is 14.9 Å². The number of carbonyl (C=O) groups excluding carboxylic acids is 1.